The van der Waals surface area contributed by atoms with Crippen LogP contribution < -0.4 is 4.72 Å². The van der Waals surface area contributed by atoms with E-state index in [-0.39, 0.29) is 6.54 Å². The molecule has 0 amide bonds. The third kappa shape index (κ3) is 3.43. The molecule has 8 heteroatoms. The molecule has 1 N–H and O–H groups in total. The van der Waals surface area contributed by atoms with Crippen molar-refractivity contribution >= 4 is 21.6 Å². The first-order valence-corrected chi connectivity index (χ1v) is 7.96. The second kappa shape index (κ2) is 6.28. The maximum atomic E-state index is 13.6. The molecule has 0 atom stereocenters. The van der Waals surface area contributed by atoms with Crippen LogP contribution in [0.25, 0.3) is 0 Å². The first-order chi connectivity index (χ1) is 10.2. The summed E-state index contributed by atoms with van der Waals surface area (Å²) < 4.78 is 65.7. The molecule has 0 aromatic heterocycles. The normalized spacial score (nSPS) is 11.7. The van der Waals surface area contributed by atoms with Crippen LogP contribution in [0.5, 0.6) is 0 Å². The van der Waals surface area contributed by atoms with E-state index in [9.17, 15) is 21.6 Å². The van der Waals surface area contributed by atoms with Gasteiger partial charge in [-0.15, -0.1) is 0 Å². The van der Waals surface area contributed by atoms with Crippen LogP contribution in [0, 0.1) is 24.4 Å². The number of benzene rings is 2. The zero-order chi connectivity index (χ0) is 16.5. The summed E-state index contributed by atoms with van der Waals surface area (Å²) in [4.78, 5) is -0.946. The van der Waals surface area contributed by atoms with Crippen molar-refractivity contribution in [2.75, 3.05) is 0 Å². The van der Waals surface area contributed by atoms with Crippen LogP contribution in [0.2, 0.25) is 5.02 Å². The second-order valence-corrected chi connectivity index (χ2v) is 6.74. The molecule has 2 aromatic rings. The Morgan fingerprint density at radius 1 is 1.09 bits per heavy atom. The lowest BCUT2D eigenvalue weighted by Gasteiger charge is -2.10. The Labute approximate surface area is 130 Å². The molecule has 0 unspecified atom stereocenters. The van der Waals surface area contributed by atoms with Gasteiger partial charge in [0.05, 0.1) is 0 Å². The minimum atomic E-state index is -4.32. The molecule has 22 heavy (non-hydrogen) atoms. The van der Waals surface area contributed by atoms with E-state index in [1.807, 2.05) is 0 Å². The molecular formula is C14H11ClF3NO2S. The van der Waals surface area contributed by atoms with Gasteiger partial charge in [-0.1, -0.05) is 17.7 Å². The van der Waals surface area contributed by atoms with E-state index in [4.69, 9.17) is 11.6 Å². The van der Waals surface area contributed by atoms with E-state index in [1.54, 1.807) is 25.1 Å². The third-order valence-electron chi connectivity index (χ3n) is 3.05. The maximum Gasteiger partial charge on any atom is 0.243 e. The highest BCUT2D eigenvalue weighted by Gasteiger charge is 2.23. The van der Waals surface area contributed by atoms with E-state index >= 15 is 0 Å². The predicted octanol–water partition coefficient (Wildman–Crippen LogP) is 3.54. The van der Waals surface area contributed by atoms with Crippen LogP contribution in [-0.4, -0.2) is 8.42 Å². The van der Waals surface area contributed by atoms with Crippen LogP contribution in [0.4, 0.5) is 13.2 Å². The predicted molar refractivity (Wildman–Crippen MR) is 76.5 cm³/mol. The fraction of sp³-hybridized carbons (Fsp3) is 0.143. The van der Waals surface area contributed by atoms with Crippen LogP contribution in [-0.2, 0) is 16.6 Å². The van der Waals surface area contributed by atoms with Gasteiger partial charge in [0.15, 0.2) is 17.5 Å². The van der Waals surface area contributed by atoms with Crippen molar-refractivity contribution in [3.8, 4) is 0 Å². The molecule has 0 fully saturated rings. The molecular weight excluding hydrogens is 339 g/mol. The van der Waals surface area contributed by atoms with Gasteiger partial charge in [-0.2, -0.15) is 0 Å². The summed E-state index contributed by atoms with van der Waals surface area (Å²) in [5.74, 6) is -5.03. The highest BCUT2D eigenvalue weighted by atomic mass is 35.5. The van der Waals surface area contributed by atoms with E-state index in [1.165, 1.54) is 0 Å². The molecule has 0 saturated heterocycles. The summed E-state index contributed by atoms with van der Waals surface area (Å²) in [7, 11) is -4.32. The summed E-state index contributed by atoms with van der Waals surface area (Å²) in [5.41, 5.74) is 1.36. The monoisotopic (exact) mass is 349 g/mol. The third-order valence-corrected chi connectivity index (χ3v) is 4.70. The fourth-order valence-electron chi connectivity index (χ4n) is 1.82. The van der Waals surface area contributed by atoms with Crippen LogP contribution in [0.15, 0.2) is 35.2 Å². The minimum Gasteiger partial charge on any atom is -0.207 e. The van der Waals surface area contributed by atoms with Crippen LogP contribution in [0.1, 0.15) is 11.1 Å². The van der Waals surface area contributed by atoms with Crippen molar-refractivity contribution in [2.45, 2.75) is 18.4 Å². The minimum absolute atomic E-state index is 0.135. The molecule has 0 aliphatic rings. The lowest BCUT2D eigenvalue weighted by atomic mass is 10.1. The van der Waals surface area contributed by atoms with Crippen molar-refractivity contribution in [3.63, 3.8) is 0 Å². The molecule has 118 valence electrons. The summed E-state index contributed by atoms with van der Waals surface area (Å²) in [6.07, 6.45) is 0. The number of aryl methyl sites for hydroxylation is 1. The van der Waals surface area contributed by atoms with Crippen molar-refractivity contribution in [1.29, 1.82) is 0 Å². The van der Waals surface area contributed by atoms with Gasteiger partial charge in [0.1, 0.15) is 4.90 Å². The van der Waals surface area contributed by atoms with E-state index in [2.05, 4.69) is 4.72 Å². The van der Waals surface area contributed by atoms with Gasteiger partial charge in [-0.3, -0.25) is 0 Å². The number of hydrogen-bond donors (Lipinski definition) is 1. The Bertz CT molecular complexity index is 825. The lowest BCUT2D eigenvalue weighted by Crippen LogP contribution is -2.25. The van der Waals surface area contributed by atoms with Crippen LogP contribution in [0.3, 0.4) is 0 Å². The summed E-state index contributed by atoms with van der Waals surface area (Å²) >= 11 is 5.79. The van der Waals surface area contributed by atoms with Gasteiger partial charge in [0.25, 0.3) is 0 Å². The molecule has 2 rings (SSSR count). The summed E-state index contributed by atoms with van der Waals surface area (Å²) in [5, 5.41) is 0.496. The Morgan fingerprint density at radius 3 is 2.41 bits per heavy atom. The zero-order valence-corrected chi connectivity index (χ0v) is 12.9. The Hall–Kier alpha value is -1.57. The summed E-state index contributed by atoms with van der Waals surface area (Å²) in [6, 6.07) is 6.06. The molecule has 0 aliphatic heterocycles. The average molecular weight is 350 g/mol. The second-order valence-electron chi connectivity index (χ2n) is 4.57. The standard InChI is InChI=1S/C14H11ClF3NO2S/c1-8-6-10(15)3-2-9(8)7-19-22(20,21)12-5-4-11(16)13(17)14(12)18/h2-6,19H,7H2,1H3. The molecule has 0 aliphatic carbocycles. The molecule has 2 aromatic carbocycles. The number of hydrogen-bond acceptors (Lipinski definition) is 2. The quantitative estimate of drug-likeness (QED) is 0.858. The maximum absolute atomic E-state index is 13.6. The Balaban J connectivity index is 2.27. The molecule has 0 radical (unpaired) electrons. The van der Waals surface area contributed by atoms with Crippen molar-refractivity contribution in [1.82, 2.24) is 4.72 Å². The fourth-order valence-corrected chi connectivity index (χ4v) is 3.12. The van der Waals surface area contributed by atoms with E-state index in [0.717, 1.165) is 5.56 Å². The van der Waals surface area contributed by atoms with Gasteiger partial charge < -0.3 is 0 Å². The van der Waals surface area contributed by atoms with Gasteiger partial charge >= 0.3 is 0 Å². The van der Waals surface area contributed by atoms with Crippen molar-refractivity contribution in [3.05, 3.63) is 63.9 Å². The van der Waals surface area contributed by atoms with Gasteiger partial charge in [-0.05, 0) is 42.3 Å². The zero-order valence-electron chi connectivity index (χ0n) is 11.3. The lowest BCUT2D eigenvalue weighted by molar-refractivity contribution is 0.431. The smallest absolute Gasteiger partial charge is 0.207 e. The molecule has 0 saturated carbocycles. The molecule has 0 heterocycles. The highest BCUT2D eigenvalue weighted by molar-refractivity contribution is 7.89. The number of rotatable bonds is 4. The Kier molecular flexibility index (Phi) is 4.79. The topological polar surface area (TPSA) is 46.2 Å². The number of halogens is 4. The average Bonchev–Trinajstić information content (AvgIpc) is 2.43. The van der Waals surface area contributed by atoms with E-state index < -0.39 is 32.4 Å². The molecule has 0 spiro atoms. The van der Waals surface area contributed by atoms with Crippen molar-refractivity contribution in [2.24, 2.45) is 0 Å². The first-order valence-electron chi connectivity index (χ1n) is 6.10. The Morgan fingerprint density at radius 2 is 1.77 bits per heavy atom. The summed E-state index contributed by atoms with van der Waals surface area (Å²) in [6.45, 7) is 1.59. The van der Waals surface area contributed by atoms with Gasteiger partial charge in [-0.25, -0.2) is 26.3 Å². The highest BCUT2D eigenvalue weighted by Crippen LogP contribution is 2.20. The van der Waals surface area contributed by atoms with Crippen LogP contribution >= 0.6 is 11.6 Å². The van der Waals surface area contributed by atoms with E-state index in [0.29, 0.717) is 22.7 Å². The molecule has 0 bridgehead atoms. The SMILES string of the molecule is Cc1cc(Cl)ccc1CNS(=O)(=O)c1ccc(F)c(F)c1F. The van der Waals surface area contributed by atoms with Gasteiger partial charge in [0, 0.05) is 11.6 Å². The number of nitrogens with one attached hydrogen (secondary N) is 1. The largest absolute Gasteiger partial charge is 0.243 e. The van der Waals surface area contributed by atoms with Crippen molar-refractivity contribution < 1.29 is 21.6 Å². The number of sulfonamides is 1. The molecule has 3 nitrogen and oxygen atoms in total. The first kappa shape index (κ1) is 16.8. The van der Waals surface area contributed by atoms with Gasteiger partial charge in [0.2, 0.25) is 10.0 Å².